The van der Waals surface area contributed by atoms with Crippen LogP contribution in [0.3, 0.4) is 0 Å². The van der Waals surface area contributed by atoms with Crippen molar-refractivity contribution in [2.75, 3.05) is 19.8 Å². The molecule has 4 heteroatoms. The summed E-state index contributed by atoms with van der Waals surface area (Å²) in [7, 11) is 0. The molecule has 0 bridgehead atoms. The number of rotatable bonds is 10. The van der Waals surface area contributed by atoms with Crippen LogP contribution in [-0.2, 0) is 15.1 Å². The number of carboxylic acid groups (broad SMARTS) is 1. The maximum absolute atomic E-state index is 11.8. The number of nitrogens with one attached hydrogen (secondary N) is 1. The molecule has 0 saturated heterocycles. The summed E-state index contributed by atoms with van der Waals surface area (Å²) in [4.78, 5) is 11.8. The normalized spacial score (nSPS) is 14.1. The van der Waals surface area contributed by atoms with Crippen molar-refractivity contribution in [3.8, 4) is 0 Å². The van der Waals surface area contributed by atoms with Crippen molar-refractivity contribution in [3.05, 3.63) is 35.9 Å². The molecule has 0 radical (unpaired) electrons. The molecule has 1 unspecified atom stereocenters. The third kappa shape index (κ3) is 5.14. The zero-order chi connectivity index (χ0) is 15.7. The van der Waals surface area contributed by atoms with Crippen LogP contribution in [0.5, 0.6) is 0 Å². The van der Waals surface area contributed by atoms with E-state index in [1.165, 1.54) is 0 Å². The van der Waals surface area contributed by atoms with Crippen molar-refractivity contribution in [1.82, 2.24) is 5.32 Å². The molecular weight excluding hydrogens is 266 g/mol. The van der Waals surface area contributed by atoms with Crippen molar-refractivity contribution < 1.29 is 14.6 Å². The van der Waals surface area contributed by atoms with Gasteiger partial charge in [0.15, 0.2) is 5.54 Å². The van der Waals surface area contributed by atoms with E-state index in [9.17, 15) is 9.90 Å². The molecule has 1 aromatic rings. The average Bonchev–Trinajstić information content (AvgIpc) is 2.46. The molecule has 0 aliphatic carbocycles. The highest BCUT2D eigenvalue weighted by atomic mass is 16.5. The molecule has 0 fully saturated rings. The lowest BCUT2D eigenvalue weighted by Gasteiger charge is -2.30. The van der Waals surface area contributed by atoms with Crippen LogP contribution < -0.4 is 5.32 Å². The zero-order valence-corrected chi connectivity index (χ0v) is 13.3. The lowest BCUT2D eigenvalue weighted by atomic mass is 9.90. The number of hydrogen-bond donors (Lipinski definition) is 2. The maximum Gasteiger partial charge on any atom is 0.331 e. The van der Waals surface area contributed by atoms with E-state index in [1.807, 2.05) is 37.3 Å². The van der Waals surface area contributed by atoms with Gasteiger partial charge in [-0.15, -0.1) is 0 Å². The summed E-state index contributed by atoms with van der Waals surface area (Å²) < 4.78 is 5.67. The Morgan fingerprint density at radius 3 is 2.52 bits per heavy atom. The zero-order valence-electron chi connectivity index (χ0n) is 13.3. The summed E-state index contributed by atoms with van der Waals surface area (Å²) in [5.74, 6) is -0.264. The fourth-order valence-electron chi connectivity index (χ4n) is 2.34. The van der Waals surface area contributed by atoms with E-state index in [2.05, 4.69) is 19.2 Å². The Labute approximate surface area is 127 Å². The first-order valence-corrected chi connectivity index (χ1v) is 7.64. The van der Waals surface area contributed by atoms with Gasteiger partial charge in [-0.2, -0.15) is 0 Å². The first kappa shape index (κ1) is 17.7. The van der Waals surface area contributed by atoms with Crippen LogP contribution >= 0.6 is 0 Å². The monoisotopic (exact) mass is 293 g/mol. The van der Waals surface area contributed by atoms with Crippen LogP contribution in [0, 0.1) is 5.92 Å². The Hall–Kier alpha value is -1.39. The Balaban J connectivity index is 2.75. The SMILES string of the molecule is CCNC(COCCCC(C)C)(C(=O)O)c1ccccc1. The van der Waals surface area contributed by atoms with Gasteiger partial charge in [0.05, 0.1) is 6.61 Å². The minimum Gasteiger partial charge on any atom is -0.480 e. The highest BCUT2D eigenvalue weighted by Gasteiger charge is 2.39. The van der Waals surface area contributed by atoms with Gasteiger partial charge in [0.2, 0.25) is 0 Å². The minimum atomic E-state index is -1.17. The Bertz CT molecular complexity index is 419. The smallest absolute Gasteiger partial charge is 0.331 e. The summed E-state index contributed by atoms with van der Waals surface area (Å²) in [6.07, 6.45) is 2.04. The molecule has 21 heavy (non-hydrogen) atoms. The first-order chi connectivity index (χ1) is 10.0. The first-order valence-electron chi connectivity index (χ1n) is 7.64. The molecule has 2 N–H and O–H groups in total. The molecule has 1 aromatic carbocycles. The topological polar surface area (TPSA) is 58.6 Å². The van der Waals surface area contributed by atoms with Crippen LogP contribution in [0.1, 0.15) is 39.2 Å². The highest BCUT2D eigenvalue weighted by Crippen LogP contribution is 2.22. The van der Waals surface area contributed by atoms with Gasteiger partial charge in [-0.25, -0.2) is 4.79 Å². The molecule has 1 atom stereocenters. The predicted molar refractivity (Wildman–Crippen MR) is 84.3 cm³/mol. The number of hydrogen-bond acceptors (Lipinski definition) is 3. The second-order valence-corrected chi connectivity index (χ2v) is 5.70. The molecule has 4 nitrogen and oxygen atoms in total. The Kier molecular flexibility index (Phi) is 7.40. The molecule has 0 heterocycles. The van der Waals surface area contributed by atoms with E-state index in [4.69, 9.17) is 4.74 Å². The average molecular weight is 293 g/mol. The Morgan fingerprint density at radius 2 is 2.00 bits per heavy atom. The van der Waals surface area contributed by atoms with Crippen LogP contribution in [0.4, 0.5) is 0 Å². The second-order valence-electron chi connectivity index (χ2n) is 5.70. The summed E-state index contributed by atoms with van der Waals surface area (Å²) in [6.45, 7) is 7.54. The summed E-state index contributed by atoms with van der Waals surface area (Å²) >= 11 is 0. The molecule has 0 aromatic heterocycles. The van der Waals surface area contributed by atoms with Gasteiger partial charge >= 0.3 is 5.97 Å². The van der Waals surface area contributed by atoms with E-state index >= 15 is 0 Å². The highest BCUT2D eigenvalue weighted by molar-refractivity contribution is 5.81. The van der Waals surface area contributed by atoms with E-state index in [0.717, 1.165) is 18.4 Å². The predicted octanol–water partition coefficient (Wildman–Crippen LogP) is 3.03. The largest absolute Gasteiger partial charge is 0.480 e. The molecule has 0 saturated carbocycles. The Morgan fingerprint density at radius 1 is 1.33 bits per heavy atom. The summed E-state index contributed by atoms with van der Waals surface area (Å²) in [6, 6.07) is 9.24. The fraction of sp³-hybridized carbons (Fsp3) is 0.588. The van der Waals surface area contributed by atoms with Gasteiger partial charge < -0.3 is 9.84 Å². The van der Waals surface area contributed by atoms with Crippen LogP contribution in [-0.4, -0.2) is 30.8 Å². The van der Waals surface area contributed by atoms with Crippen molar-refractivity contribution in [2.45, 2.75) is 39.2 Å². The second kappa shape index (κ2) is 8.80. The van der Waals surface area contributed by atoms with Gasteiger partial charge in [0, 0.05) is 6.61 Å². The third-order valence-electron chi connectivity index (χ3n) is 3.50. The van der Waals surface area contributed by atoms with E-state index in [-0.39, 0.29) is 6.61 Å². The number of aliphatic carboxylic acids is 1. The quantitative estimate of drug-likeness (QED) is 0.651. The fourth-order valence-corrected chi connectivity index (χ4v) is 2.34. The van der Waals surface area contributed by atoms with Crippen molar-refractivity contribution in [3.63, 3.8) is 0 Å². The molecule has 0 aliphatic rings. The lowest BCUT2D eigenvalue weighted by Crippen LogP contribution is -2.52. The van der Waals surface area contributed by atoms with Gasteiger partial charge in [-0.05, 0) is 30.9 Å². The molecule has 0 aliphatic heterocycles. The van der Waals surface area contributed by atoms with Crippen LogP contribution in [0.25, 0.3) is 0 Å². The van der Waals surface area contributed by atoms with E-state index < -0.39 is 11.5 Å². The lowest BCUT2D eigenvalue weighted by molar-refractivity contribution is -0.148. The molecule has 0 spiro atoms. The maximum atomic E-state index is 11.8. The number of likely N-dealkylation sites (N-methyl/N-ethyl adjacent to an activating group) is 1. The van der Waals surface area contributed by atoms with E-state index in [0.29, 0.717) is 19.1 Å². The van der Waals surface area contributed by atoms with Crippen molar-refractivity contribution >= 4 is 5.97 Å². The standard InChI is InChI=1S/C17H27NO3/c1-4-18-17(16(19)20,15-10-6-5-7-11-15)13-21-12-8-9-14(2)3/h5-7,10-11,14,18H,4,8-9,12-13H2,1-3H3,(H,19,20). The van der Waals surface area contributed by atoms with Gasteiger partial charge in [-0.1, -0.05) is 51.1 Å². The van der Waals surface area contributed by atoms with Gasteiger partial charge in [0.25, 0.3) is 0 Å². The van der Waals surface area contributed by atoms with Crippen LogP contribution in [0.15, 0.2) is 30.3 Å². The number of carbonyl (C=O) groups is 1. The molecule has 1 rings (SSSR count). The number of benzene rings is 1. The van der Waals surface area contributed by atoms with Crippen LogP contribution in [0.2, 0.25) is 0 Å². The van der Waals surface area contributed by atoms with Gasteiger partial charge in [0.1, 0.15) is 0 Å². The molecular formula is C17H27NO3. The third-order valence-corrected chi connectivity index (χ3v) is 3.50. The molecule has 118 valence electrons. The number of ether oxygens (including phenoxy) is 1. The summed E-state index contributed by atoms with van der Waals surface area (Å²) in [5.41, 5.74) is -0.448. The van der Waals surface area contributed by atoms with Gasteiger partial charge in [-0.3, -0.25) is 5.32 Å². The van der Waals surface area contributed by atoms with E-state index in [1.54, 1.807) is 0 Å². The molecule has 0 amide bonds. The van der Waals surface area contributed by atoms with Crippen molar-refractivity contribution in [2.24, 2.45) is 5.92 Å². The summed E-state index contributed by atoms with van der Waals surface area (Å²) in [5, 5.41) is 12.8. The minimum absolute atomic E-state index is 0.137. The number of carboxylic acids is 1. The van der Waals surface area contributed by atoms with Crippen molar-refractivity contribution in [1.29, 1.82) is 0 Å².